The summed E-state index contributed by atoms with van der Waals surface area (Å²) >= 11 is 0. The Balaban J connectivity index is 3.16. The van der Waals surface area contributed by atoms with E-state index in [2.05, 4.69) is 5.32 Å². The zero-order valence-corrected chi connectivity index (χ0v) is 11.8. The van der Waals surface area contributed by atoms with Crippen LogP contribution in [0.4, 0.5) is 5.69 Å². The van der Waals surface area contributed by atoms with Gasteiger partial charge in [-0.1, -0.05) is 0 Å². The van der Waals surface area contributed by atoms with E-state index in [1.54, 1.807) is 0 Å². The molecule has 1 aromatic rings. The quantitative estimate of drug-likeness (QED) is 0.720. The van der Waals surface area contributed by atoms with Gasteiger partial charge in [-0.3, -0.25) is 4.79 Å². The number of anilines is 1. The monoisotopic (exact) mass is 287 g/mol. The average Bonchev–Trinajstić information content (AvgIpc) is 2.37. The Morgan fingerprint density at radius 2 is 2.11 bits per heavy atom. The second-order valence-electron chi connectivity index (χ2n) is 3.84. The molecule has 0 aromatic heterocycles. The number of amides is 1. The third kappa shape index (κ3) is 3.36. The molecule has 0 unspecified atom stereocenters. The van der Waals surface area contributed by atoms with Gasteiger partial charge in [0.2, 0.25) is 15.9 Å². The van der Waals surface area contributed by atoms with Gasteiger partial charge in [-0.15, -0.1) is 0 Å². The number of nitrogens with one attached hydrogen (secondary N) is 1. The SMILES string of the molecule is CNC(=O)CN(C)S(=O)(=O)c1ccc(N)cc1OC. The zero-order valence-electron chi connectivity index (χ0n) is 11.0. The first-order valence-corrected chi connectivity index (χ1v) is 6.87. The van der Waals surface area contributed by atoms with E-state index < -0.39 is 15.9 Å². The fraction of sp³-hybridized carbons (Fsp3) is 0.364. The van der Waals surface area contributed by atoms with Crippen LogP contribution >= 0.6 is 0 Å². The van der Waals surface area contributed by atoms with Crippen LogP contribution in [0.1, 0.15) is 0 Å². The van der Waals surface area contributed by atoms with Crippen LogP contribution in [-0.2, 0) is 14.8 Å². The van der Waals surface area contributed by atoms with Crippen LogP contribution in [0.5, 0.6) is 5.75 Å². The summed E-state index contributed by atoms with van der Waals surface area (Å²) in [6, 6.07) is 4.23. The third-order valence-electron chi connectivity index (χ3n) is 2.52. The molecule has 1 aromatic carbocycles. The first kappa shape index (κ1) is 15.3. The minimum Gasteiger partial charge on any atom is -0.495 e. The second kappa shape index (κ2) is 5.89. The van der Waals surface area contributed by atoms with Gasteiger partial charge in [-0.2, -0.15) is 4.31 Å². The molecule has 0 fully saturated rings. The highest BCUT2D eigenvalue weighted by atomic mass is 32.2. The van der Waals surface area contributed by atoms with Gasteiger partial charge in [0.15, 0.2) is 0 Å². The fourth-order valence-electron chi connectivity index (χ4n) is 1.43. The molecule has 0 heterocycles. The molecule has 1 rings (SSSR count). The van der Waals surface area contributed by atoms with Crippen molar-refractivity contribution in [2.24, 2.45) is 0 Å². The van der Waals surface area contributed by atoms with Crippen LogP contribution in [-0.4, -0.2) is 46.4 Å². The summed E-state index contributed by atoms with van der Waals surface area (Å²) in [5.41, 5.74) is 5.97. The van der Waals surface area contributed by atoms with E-state index in [9.17, 15) is 13.2 Å². The Labute approximate surface area is 112 Å². The van der Waals surface area contributed by atoms with Gasteiger partial charge in [0, 0.05) is 25.8 Å². The Kier molecular flexibility index (Phi) is 4.73. The first-order chi connectivity index (χ1) is 8.82. The molecule has 19 heavy (non-hydrogen) atoms. The number of carbonyl (C=O) groups excluding carboxylic acids is 1. The molecular weight excluding hydrogens is 270 g/mol. The molecule has 0 atom stereocenters. The number of ether oxygens (including phenoxy) is 1. The lowest BCUT2D eigenvalue weighted by Crippen LogP contribution is -2.37. The smallest absolute Gasteiger partial charge is 0.246 e. The molecule has 0 bridgehead atoms. The van der Waals surface area contributed by atoms with Gasteiger partial charge in [0.05, 0.1) is 13.7 Å². The predicted molar refractivity (Wildman–Crippen MR) is 71.3 cm³/mol. The number of carbonyl (C=O) groups is 1. The molecule has 0 saturated carbocycles. The molecule has 8 heteroatoms. The van der Waals surface area contributed by atoms with Crippen LogP contribution in [0.3, 0.4) is 0 Å². The number of benzene rings is 1. The molecule has 0 saturated heterocycles. The molecule has 0 aliphatic heterocycles. The number of nitrogens with two attached hydrogens (primary N) is 1. The molecule has 106 valence electrons. The highest BCUT2D eigenvalue weighted by Crippen LogP contribution is 2.27. The van der Waals surface area contributed by atoms with E-state index in [0.717, 1.165) is 4.31 Å². The third-order valence-corrected chi connectivity index (χ3v) is 4.36. The van der Waals surface area contributed by atoms with Gasteiger partial charge in [0.1, 0.15) is 10.6 Å². The predicted octanol–water partition coefficient (Wildman–Crippen LogP) is -0.356. The van der Waals surface area contributed by atoms with Gasteiger partial charge < -0.3 is 15.8 Å². The molecule has 1 amide bonds. The van der Waals surface area contributed by atoms with Crippen molar-refractivity contribution in [1.29, 1.82) is 0 Å². The number of rotatable bonds is 5. The van der Waals surface area contributed by atoms with E-state index >= 15 is 0 Å². The molecular formula is C11H17N3O4S. The Hall–Kier alpha value is -1.80. The maximum Gasteiger partial charge on any atom is 0.246 e. The summed E-state index contributed by atoms with van der Waals surface area (Å²) in [5, 5.41) is 2.36. The highest BCUT2D eigenvalue weighted by molar-refractivity contribution is 7.89. The van der Waals surface area contributed by atoms with Gasteiger partial charge in [-0.05, 0) is 12.1 Å². The van der Waals surface area contributed by atoms with Crippen LogP contribution in [0, 0.1) is 0 Å². The number of methoxy groups -OCH3 is 1. The van der Waals surface area contributed by atoms with Crippen molar-refractivity contribution in [2.75, 3.05) is 33.5 Å². The molecule has 0 spiro atoms. The minimum atomic E-state index is -3.81. The van der Waals surface area contributed by atoms with Crippen LogP contribution < -0.4 is 15.8 Å². The van der Waals surface area contributed by atoms with Crippen molar-refractivity contribution < 1.29 is 17.9 Å². The summed E-state index contributed by atoms with van der Waals surface area (Å²) < 4.78 is 30.6. The Bertz CT molecular complexity index is 571. The molecule has 7 nitrogen and oxygen atoms in total. The minimum absolute atomic E-state index is 0.0318. The van der Waals surface area contributed by atoms with Crippen molar-refractivity contribution in [3.63, 3.8) is 0 Å². The number of nitrogens with zero attached hydrogens (tertiary/aromatic N) is 1. The van der Waals surface area contributed by atoms with Crippen molar-refractivity contribution in [2.45, 2.75) is 4.90 Å². The van der Waals surface area contributed by atoms with E-state index in [-0.39, 0.29) is 17.2 Å². The van der Waals surface area contributed by atoms with Crippen molar-refractivity contribution >= 4 is 21.6 Å². The number of nitrogen functional groups attached to an aromatic ring is 1. The topological polar surface area (TPSA) is 102 Å². The maximum absolute atomic E-state index is 12.3. The fourth-order valence-corrected chi connectivity index (χ4v) is 2.69. The zero-order chi connectivity index (χ0) is 14.6. The Morgan fingerprint density at radius 3 is 2.63 bits per heavy atom. The lowest BCUT2D eigenvalue weighted by Gasteiger charge is -2.18. The molecule has 3 N–H and O–H groups in total. The maximum atomic E-state index is 12.3. The first-order valence-electron chi connectivity index (χ1n) is 5.43. The number of hydrogen-bond donors (Lipinski definition) is 2. The Morgan fingerprint density at radius 1 is 1.47 bits per heavy atom. The number of likely N-dealkylation sites (N-methyl/N-ethyl adjacent to an activating group) is 2. The van der Waals surface area contributed by atoms with Crippen LogP contribution in [0.2, 0.25) is 0 Å². The van der Waals surface area contributed by atoms with Gasteiger partial charge in [-0.25, -0.2) is 8.42 Å². The summed E-state index contributed by atoms with van der Waals surface area (Å²) in [6.07, 6.45) is 0. The molecule has 0 aliphatic carbocycles. The van der Waals surface area contributed by atoms with E-state index in [0.29, 0.717) is 5.69 Å². The van der Waals surface area contributed by atoms with Gasteiger partial charge >= 0.3 is 0 Å². The van der Waals surface area contributed by atoms with Crippen LogP contribution in [0.25, 0.3) is 0 Å². The van der Waals surface area contributed by atoms with E-state index in [1.807, 2.05) is 0 Å². The lowest BCUT2D eigenvalue weighted by molar-refractivity contribution is -0.120. The highest BCUT2D eigenvalue weighted by Gasteiger charge is 2.26. The van der Waals surface area contributed by atoms with E-state index in [1.165, 1.54) is 39.4 Å². The molecule has 0 radical (unpaired) electrons. The average molecular weight is 287 g/mol. The van der Waals surface area contributed by atoms with E-state index in [4.69, 9.17) is 10.5 Å². The normalized spacial score (nSPS) is 11.4. The summed E-state index contributed by atoms with van der Waals surface area (Å²) in [7, 11) is 0.299. The van der Waals surface area contributed by atoms with Crippen molar-refractivity contribution in [3.05, 3.63) is 18.2 Å². The van der Waals surface area contributed by atoms with Crippen LogP contribution in [0.15, 0.2) is 23.1 Å². The standard InChI is InChI=1S/C11H17N3O4S/c1-13-11(15)7-14(2)19(16,17)10-5-4-8(12)6-9(10)18-3/h4-6H,7,12H2,1-3H3,(H,13,15). The van der Waals surface area contributed by atoms with Crippen molar-refractivity contribution in [1.82, 2.24) is 9.62 Å². The summed E-state index contributed by atoms with van der Waals surface area (Å²) in [4.78, 5) is 11.2. The lowest BCUT2D eigenvalue weighted by atomic mass is 10.3. The second-order valence-corrected chi connectivity index (χ2v) is 5.86. The summed E-state index contributed by atoms with van der Waals surface area (Å²) in [6.45, 7) is -0.271. The largest absolute Gasteiger partial charge is 0.495 e. The molecule has 0 aliphatic rings. The van der Waals surface area contributed by atoms with Gasteiger partial charge in [0.25, 0.3) is 0 Å². The number of sulfonamides is 1. The van der Waals surface area contributed by atoms with Crippen molar-refractivity contribution in [3.8, 4) is 5.75 Å². The summed E-state index contributed by atoms with van der Waals surface area (Å²) in [5.74, 6) is -0.260. The number of hydrogen-bond acceptors (Lipinski definition) is 5.